The van der Waals surface area contributed by atoms with Crippen LogP contribution in [0.3, 0.4) is 0 Å². The van der Waals surface area contributed by atoms with Crippen LogP contribution in [0.15, 0.2) is 35.1 Å². The van der Waals surface area contributed by atoms with Gasteiger partial charge in [-0.3, -0.25) is 9.59 Å². The van der Waals surface area contributed by atoms with E-state index in [9.17, 15) is 9.59 Å². The summed E-state index contributed by atoms with van der Waals surface area (Å²) in [5.74, 6) is 0.767. The molecule has 26 heavy (non-hydrogen) atoms. The van der Waals surface area contributed by atoms with E-state index in [1.165, 1.54) is 21.9 Å². The summed E-state index contributed by atoms with van der Waals surface area (Å²) in [5.41, 5.74) is 0.986. The lowest BCUT2D eigenvalue weighted by molar-refractivity contribution is -0.115. The van der Waals surface area contributed by atoms with Crippen molar-refractivity contribution >= 4 is 27.9 Å². The third kappa shape index (κ3) is 4.08. The summed E-state index contributed by atoms with van der Waals surface area (Å²) in [7, 11) is 0. The Morgan fingerprint density at radius 2 is 2.15 bits per heavy atom. The van der Waals surface area contributed by atoms with Gasteiger partial charge in [0.15, 0.2) is 0 Å². The van der Waals surface area contributed by atoms with Gasteiger partial charge in [0.1, 0.15) is 17.4 Å². The van der Waals surface area contributed by atoms with Crippen molar-refractivity contribution in [3.05, 3.63) is 51.4 Å². The highest BCUT2D eigenvalue weighted by atomic mass is 32.1. The number of carbonyl (C=O) groups excluding carboxylic acids is 1. The van der Waals surface area contributed by atoms with Gasteiger partial charge in [0.25, 0.3) is 5.56 Å². The Balaban J connectivity index is 1.76. The fourth-order valence-electron chi connectivity index (χ4n) is 2.25. The number of ether oxygens (including phenoxy) is 1. The van der Waals surface area contributed by atoms with Crippen molar-refractivity contribution in [1.29, 1.82) is 0 Å². The van der Waals surface area contributed by atoms with Gasteiger partial charge in [-0.05, 0) is 12.1 Å². The van der Waals surface area contributed by atoms with Crippen molar-refractivity contribution in [3.63, 3.8) is 0 Å². The van der Waals surface area contributed by atoms with Crippen LogP contribution in [0.25, 0.3) is 4.96 Å². The van der Waals surface area contributed by atoms with E-state index >= 15 is 0 Å². The highest BCUT2D eigenvalue weighted by molar-refractivity contribution is 7.16. The molecule has 8 heteroatoms. The Labute approximate surface area is 154 Å². The number of anilines is 1. The molecule has 0 spiro atoms. The number of fused-ring (bicyclic) bond motifs is 1. The maximum atomic E-state index is 12.2. The number of amides is 1. The molecular weight excluding hydrogens is 352 g/mol. The van der Waals surface area contributed by atoms with E-state index in [4.69, 9.17) is 4.74 Å². The summed E-state index contributed by atoms with van der Waals surface area (Å²) >= 11 is 1.40. The lowest BCUT2D eigenvalue weighted by Gasteiger charge is -2.08. The van der Waals surface area contributed by atoms with Gasteiger partial charge in [-0.1, -0.05) is 38.2 Å². The molecule has 0 unspecified atom stereocenters. The minimum Gasteiger partial charge on any atom is -0.487 e. The highest BCUT2D eigenvalue weighted by Gasteiger charge is 2.11. The predicted octanol–water partition coefficient (Wildman–Crippen LogP) is 3.20. The Morgan fingerprint density at radius 1 is 1.35 bits per heavy atom. The lowest BCUT2D eigenvalue weighted by Crippen LogP contribution is -2.16. The first-order valence-electron chi connectivity index (χ1n) is 8.38. The smallest absolute Gasteiger partial charge is 0.275 e. The zero-order valence-corrected chi connectivity index (χ0v) is 15.7. The first kappa shape index (κ1) is 18.1. The fraction of sp³-hybridized carbons (Fsp3) is 0.333. The summed E-state index contributed by atoms with van der Waals surface area (Å²) in [5, 5.41) is 7.95. The van der Waals surface area contributed by atoms with Gasteiger partial charge in [0, 0.05) is 30.2 Å². The molecular formula is C18H20N4O3S. The standard InChI is InChI=1S/C18H20N4O3S/c1-4-15(23)19-12-6-5-7-14(8-12)25-10-13-9-16(24)22-18(20-13)26-17(21-22)11(2)3/h5-9,11H,4,10H2,1-3H3,(H,19,23). The monoisotopic (exact) mass is 372 g/mol. The van der Waals surface area contributed by atoms with Crippen molar-refractivity contribution in [2.24, 2.45) is 0 Å². The molecule has 136 valence electrons. The van der Waals surface area contributed by atoms with E-state index < -0.39 is 0 Å². The number of hydrogen-bond acceptors (Lipinski definition) is 6. The molecule has 2 heterocycles. The highest BCUT2D eigenvalue weighted by Crippen LogP contribution is 2.21. The molecule has 3 aromatic rings. The Bertz CT molecular complexity index is 994. The van der Waals surface area contributed by atoms with Crippen LogP contribution < -0.4 is 15.6 Å². The van der Waals surface area contributed by atoms with Crippen LogP contribution in [-0.2, 0) is 11.4 Å². The average Bonchev–Trinajstić information content (AvgIpc) is 3.05. The zero-order valence-electron chi connectivity index (χ0n) is 14.9. The molecule has 1 N–H and O–H groups in total. The molecule has 3 rings (SSSR count). The fourth-order valence-corrected chi connectivity index (χ4v) is 3.17. The van der Waals surface area contributed by atoms with Crippen molar-refractivity contribution in [3.8, 4) is 5.75 Å². The van der Waals surface area contributed by atoms with E-state index in [0.717, 1.165) is 5.01 Å². The van der Waals surface area contributed by atoms with E-state index in [1.807, 2.05) is 13.8 Å². The molecule has 2 aromatic heterocycles. The number of aromatic nitrogens is 3. The van der Waals surface area contributed by atoms with E-state index in [-0.39, 0.29) is 24.0 Å². The second-order valence-electron chi connectivity index (χ2n) is 6.09. The summed E-state index contributed by atoms with van der Waals surface area (Å²) in [6, 6.07) is 8.55. The van der Waals surface area contributed by atoms with Gasteiger partial charge in [-0.25, -0.2) is 4.98 Å². The molecule has 1 amide bonds. The first-order valence-corrected chi connectivity index (χ1v) is 9.20. The largest absolute Gasteiger partial charge is 0.487 e. The van der Waals surface area contributed by atoms with E-state index in [2.05, 4.69) is 15.4 Å². The summed E-state index contributed by atoms with van der Waals surface area (Å²) in [4.78, 5) is 28.7. The normalized spacial score (nSPS) is 11.1. The van der Waals surface area contributed by atoms with Crippen molar-refractivity contribution in [2.75, 3.05) is 5.32 Å². The molecule has 0 atom stereocenters. The average molecular weight is 372 g/mol. The number of nitrogens with zero attached hydrogens (tertiary/aromatic N) is 3. The van der Waals surface area contributed by atoms with Crippen molar-refractivity contribution in [1.82, 2.24) is 14.6 Å². The Hall–Kier alpha value is -2.74. The van der Waals surface area contributed by atoms with Gasteiger partial charge in [0.2, 0.25) is 10.9 Å². The molecule has 0 bridgehead atoms. The number of rotatable bonds is 6. The van der Waals surface area contributed by atoms with Crippen LogP contribution in [0.4, 0.5) is 5.69 Å². The lowest BCUT2D eigenvalue weighted by atomic mass is 10.2. The van der Waals surface area contributed by atoms with Crippen molar-refractivity contribution < 1.29 is 9.53 Å². The molecule has 1 aromatic carbocycles. The van der Waals surface area contributed by atoms with Crippen LogP contribution in [-0.4, -0.2) is 20.5 Å². The molecule has 0 aliphatic heterocycles. The van der Waals surface area contributed by atoms with Gasteiger partial charge < -0.3 is 10.1 Å². The van der Waals surface area contributed by atoms with Gasteiger partial charge in [-0.15, -0.1) is 0 Å². The molecule has 0 aliphatic carbocycles. The molecule has 0 radical (unpaired) electrons. The number of nitrogens with one attached hydrogen (secondary N) is 1. The maximum Gasteiger partial charge on any atom is 0.275 e. The van der Waals surface area contributed by atoms with Crippen molar-refractivity contribution in [2.45, 2.75) is 39.7 Å². The van der Waals surface area contributed by atoms with E-state index in [0.29, 0.717) is 28.5 Å². The predicted molar refractivity (Wildman–Crippen MR) is 101 cm³/mol. The van der Waals surface area contributed by atoms with Crippen LogP contribution in [0, 0.1) is 0 Å². The Morgan fingerprint density at radius 3 is 2.88 bits per heavy atom. The summed E-state index contributed by atoms with van der Waals surface area (Å²) in [6.45, 7) is 6.00. The molecule has 7 nitrogen and oxygen atoms in total. The van der Waals surface area contributed by atoms with Gasteiger partial charge >= 0.3 is 0 Å². The quantitative estimate of drug-likeness (QED) is 0.718. The second-order valence-corrected chi connectivity index (χ2v) is 7.08. The van der Waals surface area contributed by atoms with Gasteiger partial charge in [-0.2, -0.15) is 9.61 Å². The first-order chi connectivity index (χ1) is 12.5. The Kier molecular flexibility index (Phi) is 5.32. The molecule has 0 aliphatic rings. The number of benzene rings is 1. The minimum absolute atomic E-state index is 0.0616. The third-order valence-electron chi connectivity index (χ3n) is 3.63. The molecule has 0 saturated heterocycles. The SMILES string of the molecule is CCC(=O)Nc1cccc(OCc2cc(=O)n3nc(C(C)C)sc3n2)c1. The van der Waals surface area contributed by atoms with Crippen LogP contribution in [0.5, 0.6) is 5.75 Å². The number of carbonyl (C=O) groups is 1. The van der Waals surface area contributed by atoms with Crippen LogP contribution in [0.2, 0.25) is 0 Å². The van der Waals surface area contributed by atoms with Crippen LogP contribution in [0.1, 0.15) is 43.8 Å². The molecule has 0 fully saturated rings. The van der Waals surface area contributed by atoms with E-state index in [1.54, 1.807) is 31.2 Å². The third-order valence-corrected chi connectivity index (χ3v) is 4.84. The topological polar surface area (TPSA) is 85.6 Å². The van der Waals surface area contributed by atoms with Crippen LogP contribution >= 0.6 is 11.3 Å². The summed E-state index contributed by atoms with van der Waals surface area (Å²) < 4.78 is 7.05. The second kappa shape index (κ2) is 7.65. The summed E-state index contributed by atoms with van der Waals surface area (Å²) in [6.07, 6.45) is 0.409. The zero-order chi connectivity index (χ0) is 18.7. The minimum atomic E-state index is -0.222. The number of hydrogen-bond donors (Lipinski definition) is 1. The van der Waals surface area contributed by atoms with Gasteiger partial charge in [0.05, 0.1) is 5.69 Å². The maximum absolute atomic E-state index is 12.2. The molecule has 0 saturated carbocycles.